The molecule has 0 amide bonds. The number of nitrogens with zero attached hydrogens (tertiary/aromatic N) is 1. The molecule has 1 rings (SSSR count). The molecular formula is C11H17NO3S2. The third-order valence-corrected chi connectivity index (χ3v) is 5.81. The lowest BCUT2D eigenvalue weighted by atomic mass is 10.3. The van der Waals surface area contributed by atoms with Crippen LogP contribution < -0.4 is 0 Å². The molecule has 0 fully saturated rings. The SMILES string of the molecule is C=CCN(CC)S(=O)(=O)c1c(C)csc1CO. The first-order chi connectivity index (χ1) is 7.98. The van der Waals surface area contributed by atoms with E-state index < -0.39 is 10.0 Å². The summed E-state index contributed by atoms with van der Waals surface area (Å²) in [6, 6.07) is 0. The molecule has 1 aromatic rings. The molecule has 0 aliphatic rings. The number of aliphatic hydroxyl groups excluding tert-OH is 1. The summed E-state index contributed by atoms with van der Waals surface area (Å²) < 4.78 is 26.1. The van der Waals surface area contributed by atoms with E-state index in [1.54, 1.807) is 25.3 Å². The fourth-order valence-electron chi connectivity index (χ4n) is 1.61. The van der Waals surface area contributed by atoms with Gasteiger partial charge < -0.3 is 5.11 Å². The lowest BCUT2D eigenvalue weighted by Crippen LogP contribution is -2.31. The standard InChI is InChI=1S/C11H17NO3S2/c1-4-6-12(5-2)17(14,15)11-9(3)8-16-10(11)7-13/h4,8,13H,1,5-7H2,2-3H3. The number of rotatable bonds is 6. The van der Waals surface area contributed by atoms with Gasteiger partial charge in [-0.15, -0.1) is 17.9 Å². The van der Waals surface area contributed by atoms with Crippen molar-refractivity contribution in [1.29, 1.82) is 0 Å². The van der Waals surface area contributed by atoms with Crippen LogP contribution in [-0.2, 0) is 16.6 Å². The Balaban J connectivity index is 3.28. The minimum absolute atomic E-state index is 0.244. The van der Waals surface area contributed by atoms with Crippen LogP contribution in [0.4, 0.5) is 0 Å². The first-order valence-electron chi connectivity index (χ1n) is 5.27. The summed E-state index contributed by atoms with van der Waals surface area (Å²) in [5, 5.41) is 10.9. The Bertz CT molecular complexity index is 491. The van der Waals surface area contributed by atoms with Crippen molar-refractivity contribution < 1.29 is 13.5 Å². The number of hydrogen-bond acceptors (Lipinski definition) is 4. The minimum Gasteiger partial charge on any atom is -0.391 e. The van der Waals surface area contributed by atoms with E-state index in [-0.39, 0.29) is 18.0 Å². The molecule has 0 unspecified atom stereocenters. The Morgan fingerprint density at radius 3 is 2.71 bits per heavy atom. The first-order valence-corrected chi connectivity index (χ1v) is 7.59. The number of likely N-dealkylation sites (N-methyl/N-ethyl adjacent to an activating group) is 1. The monoisotopic (exact) mass is 275 g/mol. The maximum absolute atomic E-state index is 12.4. The maximum atomic E-state index is 12.4. The topological polar surface area (TPSA) is 57.6 Å². The molecule has 96 valence electrons. The Hall–Kier alpha value is -0.690. The van der Waals surface area contributed by atoms with Crippen LogP contribution in [-0.4, -0.2) is 30.9 Å². The van der Waals surface area contributed by atoms with Crippen LogP contribution in [0.3, 0.4) is 0 Å². The van der Waals surface area contributed by atoms with Crippen LogP contribution >= 0.6 is 11.3 Å². The fourth-order valence-corrected chi connectivity index (χ4v) is 4.65. The second kappa shape index (κ2) is 5.77. The molecular weight excluding hydrogens is 258 g/mol. The van der Waals surface area contributed by atoms with Crippen molar-refractivity contribution >= 4 is 21.4 Å². The van der Waals surface area contributed by atoms with Crippen molar-refractivity contribution in [3.05, 3.63) is 28.5 Å². The van der Waals surface area contributed by atoms with Gasteiger partial charge in [0.25, 0.3) is 0 Å². The molecule has 0 atom stereocenters. The largest absolute Gasteiger partial charge is 0.391 e. The number of sulfonamides is 1. The quantitative estimate of drug-likeness (QED) is 0.805. The molecule has 0 saturated carbocycles. The molecule has 0 spiro atoms. The highest BCUT2D eigenvalue weighted by Gasteiger charge is 2.27. The molecule has 0 bridgehead atoms. The van der Waals surface area contributed by atoms with Crippen LogP contribution in [0.15, 0.2) is 22.9 Å². The average molecular weight is 275 g/mol. The summed E-state index contributed by atoms with van der Waals surface area (Å²) in [6.07, 6.45) is 1.56. The van der Waals surface area contributed by atoms with Gasteiger partial charge in [0.2, 0.25) is 10.0 Å². The minimum atomic E-state index is -3.53. The number of aryl methyl sites for hydroxylation is 1. The number of aliphatic hydroxyl groups is 1. The lowest BCUT2D eigenvalue weighted by Gasteiger charge is -2.19. The van der Waals surface area contributed by atoms with Crippen LogP contribution in [0.1, 0.15) is 17.4 Å². The zero-order valence-corrected chi connectivity index (χ0v) is 11.6. The van der Waals surface area contributed by atoms with E-state index in [0.717, 1.165) is 0 Å². The summed E-state index contributed by atoms with van der Waals surface area (Å²) in [4.78, 5) is 0.735. The van der Waals surface area contributed by atoms with Crippen LogP contribution in [0.2, 0.25) is 0 Å². The Kier molecular flexibility index (Phi) is 4.88. The van der Waals surface area contributed by atoms with Crippen LogP contribution in [0, 0.1) is 6.92 Å². The van der Waals surface area contributed by atoms with Crippen LogP contribution in [0.5, 0.6) is 0 Å². The van der Waals surface area contributed by atoms with Crippen molar-refractivity contribution in [2.45, 2.75) is 25.3 Å². The third-order valence-electron chi connectivity index (χ3n) is 2.42. The molecule has 1 N–H and O–H groups in total. The Morgan fingerprint density at radius 1 is 1.59 bits per heavy atom. The molecule has 1 heterocycles. The van der Waals surface area contributed by atoms with E-state index in [4.69, 9.17) is 0 Å². The molecule has 0 radical (unpaired) electrons. The highest BCUT2D eigenvalue weighted by molar-refractivity contribution is 7.89. The van der Waals surface area contributed by atoms with Gasteiger partial charge in [-0.25, -0.2) is 8.42 Å². The van der Waals surface area contributed by atoms with Crippen molar-refractivity contribution in [2.24, 2.45) is 0 Å². The van der Waals surface area contributed by atoms with Gasteiger partial charge in [0.1, 0.15) is 4.90 Å². The van der Waals surface area contributed by atoms with Crippen LogP contribution in [0.25, 0.3) is 0 Å². The van der Waals surface area contributed by atoms with Gasteiger partial charge in [-0.3, -0.25) is 0 Å². The fraction of sp³-hybridized carbons (Fsp3) is 0.455. The van der Waals surface area contributed by atoms with Crippen molar-refractivity contribution in [3.63, 3.8) is 0 Å². The molecule has 0 aliphatic heterocycles. The van der Waals surface area contributed by atoms with Gasteiger partial charge in [0, 0.05) is 13.1 Å². The molecule has 0 aromatic carbocycles. The van der Waals surface area contributed by atoms with E-state index in [0.29, 0.717) is 17.0 Å². The zero-order chi connectivity index (χ0) is 13.1. The summed E-state index contributed by atoms with van der Waals surface area (Å²) in [5.74, 6) is 0. The Labute approximate surface area is 106 Å². The number of thiophene rings is 1. The predicted molar refractivity (Wildman–Crippen MR) is 69.6 cm³/mol. The predicted octanol–water partition coefficient (Wildman–Crippen LogP) is 1.75. The highest BCUT2D eigenvalue weighted by atomic mass is 32.2. The average Bonchev–Trinajstić information content (AvgIpc) is 2.67. The normalized spacial score (nSPS) is 12.0. The second-order valence-corrected chi connectivity index (χ2v) is 6.41. The molecule has 6 heteroatoms. The third kappa shape index (κ3) is 2.77. The number of hydrogen-bond donors (Lipinski definition) is 1. The van der Waals surface area contributed by atoms with Crippen molar-refractivity contribution in [2.75, 3.05) is 13.1 Å². The highest BCUT2D eigenvalue weighted by Crippen LogP contribution is 2.29. The van der Waals surface area contributed by atoms with Gasteiger partial charge in [-0.1, -0.05) is 13.0 Å². The first kappa shape index (κ1) is 14.4. The van der Waals surface area contributed by atoms with E-state index in [1.165, 1.54) is 15.6 Å². The summed E-state index contributed by atoms with van der Waals surface area (Å²) in [7, 11) is -3.53. The zero-order valence-electron chi connectivity index (χ0n) is 10.0. The van der Waals surface area contributed by atoms with Crippen molar-refractivity contribution in [1.82, 2.24) is 4.31 Å². The summed E-state index contributed by atoms with van der Waals surface area (Å²) >= 11 is 1.27. The molecule has 4 nitrogen and oxygen atoms in total. The van der Waals surface area contributed by atoms with E-state index in [9.17, 15) is 13.5 Å². The maximum Gasteiger partial charge on any atom is 0.244 e. The molecule has 17 heavy (non-hydrogen) atoms. The van der Waals surface area contributed by atoms with Crippen molar-refractivity contribution in [3.8, 4) is 0 Å². The smallest absolute Gasteiger partial charge is 0.244 e. The summed E-state index contributed by atoms with van der Waals surface area (Å²) in [6.45, 7) is 7.48. The van der Waals surface area contributed by atoms with E-state index in [1.807, 2.05) is 0 Å². The van der Waals surface area contributed by atoms with Gasteiger partial charge in [-0.2, -0.15) is 4.31 Å². The lowest BCUT2D eigenvalue weighted by molar-refractivity contribution is 0.282. The van der Waals surface area contributed by atoms with Gasteiger partial charge >= 0.3 is 0 Å². The van der Waals surface area contributed by atoms with E-state index in [2.05, 4.69) is 6.58 Å². The Morgan fingerprint density at radius 2 is 2.24 bits per heavy atom. The second-order valence-electron chi connectivity index (χ2n) is 3.57. The van der Waals surface area contributed by atoms with E-state index >= 15 is 0 Å². The summed E-state index contributed by atoms with van der Waals surface area (Å²) in [5.41, 5.74) is 0.682. The van der Waals surface area contributed by atoms with Gasteiger partial charge in [-0.05, 0) is 17.9 Å². The molecule has 0 saturated heterocycles. The molecule has 1 aromatic heterocycles. The van der Waals surface area contributed by atoms with Gasteiger partial charge in [0.05, 0.1) is 11.5 Å². The molecule has 0 aliphatic carbocycles. The van der Waals surface area contributed by atoms with Gasteiger partial charge in [0.15, 0.2) is 0 Å².